The molecule has 2 aromatic rings. The van der Waals surface area contributed by atoms with Crippen molar-refractivity contribution in [3.63, 3.8) is 0 Å². The Balaban J connectivity index is 0.000000980. The van der Waals surface area contributed by atoms with Gasteiger partial charge < -0.3 is 4.90 Å². The van der Waals surface area contributed by atoms with Gasteiger partial charge in [-0.25, -0.2) is 0 Å². The Labute approximate surface area is 90.0 Å². The van der Waals surface area contributed by atoms with E-state index in [-0.39, 0.29) is 12.4 Å². The molecule has 0 radical (unpaired) electrons. The molecular weight excluding hydrogens is 196 g/mol. The van der Waals surface area contributed by atoms with Gasteiger partial charge in [-0.1, -0.05) is 18.2 Å². The fourth-order valence-electron chi connectivity index (χ4n) is 1.45. The van der Waals surface area contributed by atoms with E-state index in [1.165, 1.54) is 5.39 Å². The van der Waals surface area contributed by atoms with E-state index in [4.69, 9.17) is 0 Å². The van der Waals surface area contributed by atoms with Crippen LogP contribution >= 0.6 is 12.4 Å². The van der Waals surface area contributed by atoms with E-state index < -0.39 is 0 Å². The second-order valence-corrected chi connectivity index (χ2v) is 3.25. The van der Waals surface area contributed by atoms with Crippen LogP contribution in [0.25, 0.3) is 10.9 Å². The lowest BCUT2D eigenvalue weighted by Crippen LogP contribution is -2.09. The Hall–Kier alpha value is -1.28. The number of rotatable bonds is 1. The number of benzene rings is 1. The molecule has 3 heteroatoms. The molecule has 2 nitrogen and oxygen atoms in total. The molecule has 0 N–H and O–H groups in total. The largest absolute Gasteiger partial charge is 0.376 e. The van der Waals surface area contributed by atoms with E-state index >= 15 is 0 Å². The molecule has 0 aliphatic heterocycles. The van der Waals surface area contributed by atoms with Crippen molar-refractivity contribution in [3.8, 4) is 0 Å². The molecule has 0 aliphatic carbocycles. The van der Waals surface area contributed by atoms with Crippen LogP contribution < -0.4 is 4.90 Å². The van der Waals surface area contributed by atoms with Gasteiger partial charge in [0.05, 0.1) is 11.2 Å². The zero-order valence-electron chi connectivity index (χ0n) is 8.27. The molecule has 0 amide bonds. The third-order valence-corrected chi connectivity index (χ3v) is 2.09. The first kappa shape index (κ1) is 10.8. The predicted octanol–water partition coefficient (Wildman–Crippen LogP) is 2.72. The van der Waals surface area contributed by atoms with E-state index in [0.29, 0.717) is 0 Å². The molecule has 14 heavy (non-hydrogen) atoms. The van der Waals surface area contributed by atoms with Crippen LogP contribution in [0.3, 0.4) is 0 Å². The molecule has 0 saturated carbocycles. The summed E-state index contributed by atoms with van der Waals surface area (Å²) >= 11 is 0. The van der Waals surface area contributed by atoms with Crippen molar-refractivity contribution in [2.75, 3.05) is 19.0 Å². The molecule has 0 aliphatic rings. The van der Waals surface area contributed by atoms with E-state index in [1.807, 2.05) is 26.4 Å². The number of aromatic nitrogens is 1. The number of halogens is 1. The number of anilines is 1. The molecule has 0 atom stereocenters. The Morgan fingerprint density at radius 1 is 1.07 bits per heavy atom. The molecular formula is C11H13ClN2. The minimum Gasteiger partial charge on any atom is -0.376 e. The fraction of sp³-hybridized carbons (Fsp3) is 0.182. The maximum atomic E-state index is 4.36. The van der Waals surface area contributed by atoms with Crippen LogP contribution in [0.1, 0.15) is 0 Å². The molecule has 0 fully saturated rings. The third-order valence-electron chi connectivity index (χ3n) is 2.09. The van der Waals surface area contributed by atoms with Crippen LogP contribution in [0.15, 0.2) is 36.5 Å². The van der Waals surface area contributed by atoms with Gasteiger partial charge in [0.2, 0.25) is 0 Å². The highest BCUT2D eigenvalue weighted by Crippen LogP contribution is 2.22. The standard InChI is InChI=1S/C11H12N2.ClH/c1-13(2)10-7-3-5-9-6-4-8-12-11(9)10;/h3-8H,1-2H3;1H. The highest BCUT2D eigenvalue weighted by Gasteiger charge is 2.01. The third kappa shape index (κ3) is 1.80. The number of pyridine rings is 1. The topological polar surface area (TPSA) is 16.1 Å². The Morgan fingerprint density at radius 3 is 2.50 bits per heavy atom. The average molecular weight is 209 g/mol. The summed E-state index contributed by atoms with van der Waals surface area (Å²) in [7, 11) is 4.06. The lowest BCUT2D eigenvalue weighted by atomic mass is 10.2. The number of nitrogens with zero attached hydrogens (tertiary/aromatic N) is 2. The normalized spacial score (nSPS) is 9.57. The maximum absolute atomic E-state index is 4.36. The van der Waals surface area contributed by atoms with E-state index in [0.717, 1.165) is 11.2 Å². The molecule has 1 heterocycles. The summed E-state index contributed by atoms with van der Waals surface area (Å²) in [4.78, 5) is 6.44. The van der Waals surface area contributed by atoms with Crippen LogP contribution in [-0.4, -0.2) is 19.1 Å². The fourth-order valence-corrected chi connectivity index (χ4v) is 1.45. The van der Waals surface area contributed by atoms with Gasteiger partial charge in [0.1, 0.15) is 0 Å². The molecule has 1 aromatic heterocycles. The van der Waals surface area contributed by atoms with E-state index in [9.17, 15) is 0 Å². The summed E-state index contributed by atoms with van der Waals surface area (Å²) in [5, 5.41) is 1.19. The lowest BCUT2D eigenvalue weighted by Gasteiger charge is -2.13. The van der Waals surface area contributed by atoms with Crippen LogP contribution in [0.4, 0.5) is 5.69 Å². The highest BCUT2D eigenvalue weighted by atomic mass is 35.5. The second kappa shape index (κ2) is 4.29. The summed E-state index contributed by atoms with van der Waals surface area (Å²) in [5.74, 6) is 0. The monoisotopic (exact) mass is 208 g/mol. The van der Waals surface area contributed by atoms with Crippen molar-refractivity contribution < 1.29 is 0 Å². The van der Waals surface area contributed by atoms with Crippen molar-refractivity contribution in [2.24, 2.45) is 0 Å². The predicted molar refractivity (Wildman–Crippen MR) is 63.3 cm³/mol. The first-order chi connectivity index (χ1) is 6.29. The van der Waals surface area contributed by atoms with Gasteiger partial charge >= 0.3 is 0 Å². The summed E-state index contributed by atoms with van der Waals surface area (Å²) in [6.45, 7) is 0. The molecule has 0 unspecified atom stereocenters. The van der Waals surface area contributed by atoms with Crippen molar-refractivity contribution >= 4 is 29.0 Å². The van der Waals surface area contributed by atoms with Crippen molar-refractivity contribution in [1.29, 1.82) is 0 Å². The number of hydrogen-bond donors (Lipinski definition) is 0. The summed E-state index contributed by atoms with van der Waals surface area (Å²) in [6.07, 6.45) is 1.83. The molecule has 1 aromatic carbocycles. The van der Waals surface area contributed by atoms with Crippen molar-refractivity contribution in [1.82, 2.24) is 4.98 Å². The van der Waals surface area contributed by atoms with Crippen LogP contribution in [0.5, 0.6) is 0 Å². The lowest BCUT2D eigenvalue weighted by molar-refractivity contribution is 1.13. The first-order valence-electron chi connectivity index (χ1n) is 4.30. The molecule has 0 spiro atoms. The van der Waals surface area contributed by atoms with E-state index in [2.05, 4.69) is 34.1 Å². The Kier molecular flexibility index (Phi) is 3.31. The van der Waals surface area contributed by atoms with Gasteiger partial charge in [-0.05, 0) is 12.1 Å². The quantitative estimate of drug-likeness (QED) is 0.717. The highest BCUT2D eigenvalue weighted by molar-refractivity contribution is 5.90. The van der Waals surface area contributed by atoms with Crippen LogP contribution in [0.2, 0.25) is 0 Å². The van der Waals surface area contributed by atoms with Crippen LogP contribution in [0, 0.1) is 0 Å². The SMILES string of the molecule is CN(C)c1cccc2cccnc12.Cl. The summed E-state index contributed by atoms with van der Waals surface area (Å²) < 4.78 is 0. The first-order valence-corrected chi connectivity index (χ1v) is 4.30. The number of para-hydroxylation sites is 1. The molecule has 0 bridgehead atoms. The molecule has 2 rings (SSSR count). The van der Waals surface area contributed by atoms with E-state index in [1.54, 1.807) is 0 Å². The van der Waals surface area contributed by atoms with Gasteiger partial charge in [-0.2, -0.15) is 0 Å². The van der Waals surface area contributed by atoms with Crippen molar-refractivity contribution in [3.05, 3.63) is 36.5 Å². The van der Waals surface area contributed by atoms with Gasteiger partial charge in [0.25, 0.3) is 0 Å². The van der Waals surface area contributed by atoms with Gasteiger partial charge in [-0.3, -0.25) is 4.98 Å². The second-order valence-electron chi connectivity index (χ2n) is 3.25. The van der Waals surface area contributed by atoms with Gasteiger partial charge in [-0.15, -0.1) is 12.4 Å². The minimum absolute atomic E-state index is 0. The maximum Gasteiger partial charge on any atom is 0.0935 e. The zero-order valence-corrected chi connectivity index (χ0v) is 9.08. The van der Waals surface area contributed by atoms with Gasteiger partial charge in [0, 0.05) is 25.7 Å². The molecule has 74 valence electrons. The Bertz CT molecular complexity index is 421. The smallest absolute Gasteiger partial charge is 0.0935 e. The number of hydrogen-bond acceptors (Lipinski definition) is 2. The average Bonchev–Trinajstić information content (AvgIpc) is 2.17. The van der Waals surface area contributed by atoms with Gasteiger partial charge in [0.15, 0.2) is 0 Å². The van der Waals surface area contributed by atoms with Crippen LogP contribution in [-0.2, 0) is 0 Å². The summed E-state index contributed by atoms with van der Waals surface area (Å²) in [6, 6.07) is 10.3. The number of fused-ring (bicyclic) bond motifs is 1. The van der Waals surface area contributed by atoms with Crippen molar-refractivity contribution in [2.45, 2.75) is 0 Å². The minimum atomic E-state index is 0. The molecule has 0 saturated heterocycles. The zero-order chi connectivity index (χ0) is 9.26. The Morgan fingerprint density at radius 2 is 1.79 bits per heavy atom. The summed E-state index contributed by atoms with van der Waals surface area (Å²) in [5.41, 5.74) is 2.23.